The molecule has 3 heteroatoms. The van der Waals surface area contributed by atoms with Crippen LogP contribution in [0.4, 0.5) is 0 Å². The monoisotopic (exact) mass is 811 g/mol. The summed E-state index contributed by atoms with van der Waals surface area (Å²) in [6, 6.07) is 80.8. The van der Waals surface area contributed by atoms with Crippen LogP contribution >= 0.6 is 0 Å². The number of hydrogen-bond donors (Lipinski definition) is 0. The molecule has 64 heavy (non-hydrogen) atoms. The molecule has 13 rings (SSSR count). The van der Waals surface area contributed by atoms with Gasteiger partial charge in [-0.3, -0.25) is 0 Å². The number of rotatable bonds is 6. The first-order chi connectivity index (χ1) is 31.7. The van der Waals surface area contributed by atoms with E-state index in [1.807, 2.05) is 18.2 Å². The SMILES string of the molecule is c1ccc(-c2nc(-c3ccc(-c4cc(-c5cccc(-c6cc7c8c(cccc8c6)-c6ccccc6-7)c5)c5ccccc5c4)cc3)nc(-c3cc4ccccc4c4ccccc34)n2)cc1. The first-order valence-corrected chi connectivity index (χ1v) is 21.8. The summed E-state index contributed by atoms with van der Waals surface area (Å²) < 4.78 is 0. The molecular weight excluding hydrogens is 775 g/mol. The van der Waals surface area contributed by atoms with Crippen molar-refractivity contribution in [1.29, 1.82) is 0 Å². The highest BCUT2D eigenvalue weighted by molar-refractivity contribution is 6.17. The largest absolute Gasteiger partial charge is 0.208 e. The fourth-order valence-electron chi connectivity index (χ4n) is 9.96. The molecule has 0 unspecified atom stereocenters. The molecule has 11 aromatic carbocycles. The standard InChI is InChI=1S/C61H37N3/c1-2-14-39(15-3-1)59-62-60(64-61(63-59)57-35-44-17-5-6-21-48(44)50-23-8-11-26-53(50)57)40-30-28-38(29-31-40)46-33-42-16-4-7-22-49(42)55(36-46)43-19-12-18-41(32-43)47-34-45-20-13-27-54-51-24-9-10-25-52(51)56(37-47)58(45)54/h1-37H. The average molecular weight is 812 g/mol. The van der Waals surface area contributed by atoms with Gasteiger partial charge in [0, 0.05) is 16.7 Å². The van der Waals surface area contributed by atoms with Crippen LogP contribution in [-0.4, -0.2) is 15.0 Å². The van der Waals surface area contributed by atoms with E-state index in [1.54, 1.807) is 0 Å². The molecule has 0 radical (unpaired) electrons. The van der Waals surface area contributed by atoms with Gasteiger partial charge in [0.2, 0.25) is 0 Å². The average Bonchev–Trinajstić information content (AvgIpc) is 3.70. The molecule has 0 spiro atoms. The Hall–Kier alpha value is -8.53. The van der Waals surface area contributed by atoms with Gasteiger partial charge >= 0.3 is 0 Å². The van der Waals surface area contributed by atoms with Crippen LogP contribution < -0.4 is 0 Å². The number of benzene rings is 11. The van der Waals surface area contributed by atoms with Crippen LogP contribution in [0, 0.1) is 0 Å². The summed E-state index contributed by atoms with van der Waals surface area (Å²) >= 11 is 0. The van der Waals surface area contributed by atoms with E-state index in [0.717, 1.165) is 38.6 Å². The minimum Gasteiger partial charge on any atom is -0.208 e. The van der Waals surface area contributed by atoms with Crippen molar-refractivity contribution >= 4 is 43.1 Å². The van der Waals surface area contributed by atoms with Gasteiger partial charge in [0.15, 0.2) is 17.5 Å². The van der Waals surface area contributed by atoms with E-state index in [9.17, 15) is 0 Å². The van der Waals surface area contributed by atoms with Crippen LogP contribution in [0.3, 0.4) is 0 Å². The summed E-state index contributed by atoms with van der Waals surface area (Å²) in [7, 11) is 0. The van der Waals surface area contributed by atoms with Gasteiger partial charge in [-0.1, -0.05) is 188 Å². The van der Waals surface area contributed by atoms with Crippen molar-refractivity contribution in [3.05, 3.63) is 224 Å². The van der Waals surface area contributed by atoms with Gasteiger partial charge in [0.25, 0.3) is 0 Å². The molecule has 1 heterocycles. The Labute approximate surface area is 370 Å². The van der Waals surface area contributed by atoms with E-state index in [1.165, 1.54) is 76.8 Å². The predicted molar refractivity (Wildman–Crippen MR) is 267 cm³/mol. The van der Waals surface area contributed by atoms with Gasteiger partial charge in [0.05, 0.1) is 0 Å². The molecule has 0 saturated carbocycles. The van der Waals surface area contributed by atoms with Crippen LogP contribution in [0.1, 0.15) is 0 Å². The molecule has 296 valence electrons. The summed E-state index contributed by atoms with van der Waals surface area (Å²) in [5.41, 5.74) is 15.2. The first-order valence-electron chi connectivity index (χ1n) is 21.8. The zero-order chi connectivity index (χ0) is 42.1. The molecule has 12 aromatic rings. The highest BCUT2D eigenvalue weighted by Gasteiger charge is 2.22. The second kappa shape index (κ2) is 14.5. The number of fused-ring (bicyclic) bond motifs is 7. The van der Waals surface area contributed by atoms with Gasteiger partial charge in [-0.2, -0.15) is 0 Å². The minimum atomic E-state index is 0.635. The van der Waals surface area contributed by atoms with Crippen molar-refractivity contribution in [3.63, 3.8) is 0 Å². The van der Waals surface area contributed by atoms with Crippen LogP contribution in [0.2, 0.25) is 0 Å². The molecule has 0 aliphatic heterocycles. The third kappa shape index (κ3) is 5.94. The molecule has 0 N–H and O–H groups in total. The van der Waals surface area contributed by atoms with E-state index in [4.69, 9.17) is 15.0 Å². The van der Waals surface area contributed by atoms with E-state index in [0.29, 0.717) is 17.5 Å². The summed E-state index contributed by atoms with van der Waals surface area (Å²) in [6.07, 6.45) is 0. The van der Waals surface area contributed by atoms with E-state index >= 15 is 0 Å². The fraction of sp³-hybridized carbons (Fsp3) is 0. The van der Waals surface area contributed by atoms with Crippen LogP contribution in [0.15, 0.2) is 224 Å². The molecule has 1 aliphatic carbocycles. The molecule has 0 amide bonds. The fourth-order valence-corrected chi connectivity index (χ4v) is 9.96. The highest BCUT2D eigenvalue weighted by atomic mass is 15.0. The van der Waals surface area contributed by atoms with Crippen molar-refractivity contribution in [3.8, 4) is 89.8 Å². The second-order valence-electron chi connectivity index (χ2n) is 16.7. The minimum absolute atomic E-state index is 0.635. The lowest BCUT2D eigenvalue weighted by atomic mass is 9.90. The summed E-state index contributed by atoms with van der Waals surface area (Å²) in [4.78, 5) is 15.4. The number of aromatic nitrogens is 3. The third-order valence-electron chi connectivity index (χ3n) is 13.0. The van der Waals surface area contributed by atoms with Crippen molar-refractivity contribution in [2.75, 3.05) is 0 Å². The smallest absolute Gasteiger partial charge is 0.164 e. The Morgan fingerprint density at radius 2 is 0.703 bits per heavy atom. The van der Waals surface area contributed by atoms with Crippen molar-refractivity contribution < 1.29 is 0 Å². The van der Waals surface area contributed by atoms with Crippen molar-refractivity contribution in [1.82, 2.24) is 15.0 Å². The molecule has 0 fully saturated rings. The Morgan fingerprint density at radius 3 is 1.50 bits per heavy atom. The van der Waals surface area contributed by atoms with Gasteiger partial charge in [-0.15, -0.1) is 0 Å². The normalized spacial score (nSPS) is 11.8. The molecule has 0 saturated heterocycles. The lowest BCUT2D eigenvalue weighted by molar-refractivity contribution is 1.08. The highest BCUT2D eigenvalue weighted by Crippen LogP contribution is 2.49. The first kappa shape index (κ1) is 36.2. The maximum absolute atomic E-state index is 5.21. The van der Waals surface area contributed by atoms with Crippen LogP contribution in [-0.2, 0) is 0 Å². The van der Waals surface area contributed by atoms with Gasteiger partial charge in [-0.05, 0) is 135 Å². The van der Waals surface area contributed by atoms with Crippen molar-refractivity contribution in [2.45, 2.75) is 0 Å². The Morgan fingerprint density at radius 1 is 0.203 bits per heavy atom. The van der Waals surface area contributed by atoms with Gasteiger partial charge in [0.1, 0.15) is 0 Å². The molecule has 1 aromatic heterocycles. The van der Waals surface area contributed by atoms with E-state index in [-0.39, 0.29) is 0 Å². The second-order valence-corrected chi connectivity index (χ2v) is 16.7. The summed E-state index contributed by atoms with van der Waals surface area (Å²) in [5.74, 6) is 1.93. The Bertz CT molecular complexity index is 3830. The maximum Gasteiger partial charge on any atom is 0.164 e. The third-order valence-corrected chi connectivity index (χ3v) is 13.0. The summed E-state index contributed by atoms with van der Waals surface area (Å²) in [5, 5.41) is 9.70. The molecule has 0 bridgehead atoms. The van der Waals surface area contributed by atoms with Crippen LogP contribution in [0.5, 0.6) is 0 Å². The quantitative estimate of drug-likeness (QED) is 0.157. The lowest BCUT2D eigenvalue weighted by Gasteiger charge is -2.14. The molecule has 3 nitrogen and oxygen atoms in total. The van der Waals surface area contributed by atoms with E-state index < -0.39 is 0 Å². The maximum atomic E-state index is 5.21. The Kier molecular flexibility index (Phi) is 8.22. The zero-order valence-electron chi connectivity index (χ0n) is 34.7. The summed E-state index contributed by atoms with van der Waals surface area (Å²) in [6.45, 7) is 0. The zero-order valence-corrected chi connectivity index (χ0v) is 34.7. The van der Waals surface area contributed by atoms with E-state index in [2.05, 4.69) is 206 Å². The molecule has 1 aliphatic rings. The van der Waals surface area contributed by atoms with Crippen LogP contribution in [0.25, 0.3) is 133 Å². The molecule has 0 atom stereocenters. The lowest BCUT2D eigenvalue weighted by Crippen LogP contribution is -2.00. The topological polar surface area (TPSA) is 38.7 Å². The van der Waals surface area contributed by atoms with Gasteiger partial charge in [-0.25, -0.2) is 15.0 Å². The van der Waals surface area contributed by atoms with Crippen molar-refractivity contribution in [2.24, 2.45) is 0 Å². The van der Waals surface area contributed by atoms with Gasteiger partial charge < -0.3 is 0 Å². The Balaban J connectivity index is 0.905. The predicted octanol–water partition coefficient (Wildman–Crippen LogP) is 16.1. The number of nitrogens with zero attached hydrogens (tertiary/aromatic N) is 3. The molecular formula is C61H37N3. The number of hydrogen-bond acceptors (Lipinski definition) is 3.